The van der Waals surface area contributed by atoms with Crippen molar-refractivity contribution in [3.8, 4) is 16.9 Å². The van der Waals surface area contributed by atoms with Crippen LogP contribution in [0.15, 0.2) is 65.5 Å². The van der Waals surface area contributed by atoms with E-state index in [-0.39, 0.29) is 5.75 Å². The molecule has 2 aromatic carbocycles. The molecule has 5 atom stereocenters. The molecule has 6 N–H and O–H groups in total. The lowest BCUT2D eigenvalue weighted by molar-refractivity contribution is -0.385. The highest BCUT2D eigenvalue weighted by atomic mass is 32.1. The van der Waals surface area contributed by atoms with Crippen LogP contribution in [-0.2, 0) is 11.2 Å². The third-order valence-corrected chi connectivity index (χ3v) is 6.87. The summed E-state index contributed by atoms with van der Waals surface area (Å²) in [6, 6.07) is 15.5. The second-order valence-corrected chi connectivity index (χ2v) is 9.16. The zero-order valence-corrected chi connectivity index (χ0v) is 18.9. The molecule has 2 aromatic heterocycles. The van der Waals surface area contributed by atoms with Gasteiger partial charge in [-0.2, -0.15) is 11.3 Å². The fraction of sp³-hybridized carbons (Fsp3) is 0.280. The lowest BCUT2D eigenvalue weighted by atomic mass is 9.95. The topological polar surface area (TPSA) is 135 Å². The average molecular weight is 484 g/mol. The molecule has 1 fully saturated rings. The van der Waals surface area contributed by atoms with Gasteiger partial charge in [-0.15, -0.1) is 0 Å². The molecule has 5 rings (SSSR count). The molecule has 0 aliphatic carbocycles. The van der Waals surface area contributed by atoms with Crippen molar-refractivity contribution in [3.05, 3.63) is 76.6 Å². The first-order valence-corrected chi connectivity index (χ1v) is 11.8. The van der Waals surface area contributed by atoms with Gasteiger partial charge in [0.15, 0.2) is 6.10 Å². The number of hydrogen-bond acceptors (Lipinski definition) is 8. The van der Waals surface area contributed by atoms with Crippen LogP contribution in [0, 0.1) is 0 Å². The molecular weight excluding hydrogens is 458 g/mol. The molecule has 0 bridgehead atoms. The third-order valence-electron chi connectivity index (χ3n) is 6.19. The first-order valence-electron chi connectivity index (χ1n) is 10.8. The van der Waals surface area contributed by atoms with E-state index in [4.69, 9.17) is 9.47 Å². The summed E-state index contributed by atoms with van der Waals surface area (Å²) < 4.78 is 10.8. The molecule has 3 heterocycles. The summed E-state index contributed by atoms with van der Waals surface area (Å²) in [5.74, 6) is -2.45. The Hall–Kier alpha value is -2.76. The molecule has 0 unspecified atom stereocenters. The van der Waals surface area contributed by atoms with Gasteiger partial charge in [0.1, 0.15) is 18.0 Å². The van der Waals surface area contributed by atoms with E-state index in [0.717, 1.165) is 22.2 Å². The molecule has 0 radical (unpaired) electrons. The Morgan fingerprint density at radius 1 is 1.03 bits per heavy atom. The Balaban J connectivity index is 1.44. The summed E-state index contributed by atoms with van der Waals surface area (Å²) in [4.78, 5) is 3.18. The molecule has 1 aliphatic rings. The number of fused-ring (bicyclic) bond motifs is 1. The van der Waals surface area contributed by atoms with Crippen LogP contribution in [0.4, 0.5) is 0 Å². The first-order chi connectivity index (χ1) is 16.4. The lowest BCUT2D eigenvalue weighted by Gasteiger charge is -2.45. The van der Waals surface area contributed by atoms with E-state index < -0.39 is 37.0 Å². The van der Waals surface area contributed by atoms with Crippen LogP contribution in [0.1, 0.15) is 11.1 Å². The number of aromatic amines is 1. The molecular formula is C25H25NO7S. The average Bonchev–Trinajstić information content (AvgIpc) is 3.52. The molecule has 8 nitrogen and oxygen atoms in total. The van der Waals surface area contributed by atoms with E-state index in [9.17, 15) is 25.5 Å². The monoisotopic (exact) mass is 483 g/mol. The number of benzene rings is 2. The third kappa shape index (κ3) is 4.01. The molecule has 1 aliphatic heterocycles. The van der Waals surface area contributed by atoms with Gasteiger partial charge in [0, 0.05) is 17.1 Å². The number of aromatic nitrogens is 1. The van der Waals surface area contributed by atoms with E-state index in [2.05, 4.69) is 40.7 Å². The summed E-state index contributed by atoms with van der Waals surface area (Å²) in [6.45, 7) is -0.645. The number of hydrogen-bond donors (Lipinski definition) is 6. The minimum absolute atomic E-state index is 0.197. The van der Waals surface area contributed by atoms with Crippen molar-refractivity contribution in [2.75, 3.05) is 6.61 Å². The van der Waals surface area contributed by atoms with E-state index in [1.54, 1.807) is 23.5 Å². The van der Waals surface area contributed by atoms with Gasteiger partial charge in [0.2, 0.25) is 6.29 Å². The van der Waals surface area contributed by atoms with Crippen molar-refractivity contribution < 1.29 is 35.0 Å². The fourth-order valence-corrected chi connectivity index (χ4v) is 4.95. The highest BCUT2D eigenvalue weighted by Gasteiger charge is 2.57. The van der Waals surface area contributed by atoms with Crippen molar-refractivity contribution in [2.24, 2.45) is 0 Å². The van der Waals surface area contributed by atoms with Crippen molar-refractivity contribution in [1.29, 1.82) is 0 Å². The van der Waals surface area contributed by atoms with Gasteiger partial charge >= 0.3 is 0 Å². The van der Waals surface area contributed by atoms with Gasteiger partial charge in [0.25, 0.3) is 5.79 Å². The predicted octanol–water partition coefficient (Wildman–Crippen LogP) is 1.99. The maximum Gasteiger partial charge on any atom is 0.288 e. The number of aliphatic hydroxyl groups is 5. The van der Waals surface area contributed by atoms with Crippen molar-refractivity contribution in [3.63, 3.8) is 0 Å². The molecule has 178 valence electrons. The largest absolute Gasteiger partial charge is 0.454 e. The molecule has 1 saturated heterocycles. The molecule has 9 heteroatoms. The Kier molecular flexibility index (Phi) is 6.17. The van der Waals surface area contributed by atoms with Gasteiger partial charge in [-0.25, -0.2) is 0 Å². The number of nitrogens with one attached hydrogen (secondary N) is 1. The normalized spacial score (nSPS) is 27.2. The van der Waals surface area contributed by atoms with Crippen LogP contribution in [0.5, 0.6) is 5.75 Å². The number of rotatable bonds is 6. The Labute approximate surface area is 199 Å². The van der Waals surface area contributed by atoms with Crippen molar-refractivity contribution in [1.82, 2.24) is 4.98 Å². The highest BCUT2D eigenvalue weighted by Crippen LogP contribution is 2.37. The standard InChI is InChI=1S/C25H25NO7S/c27-12-20-22(28)23(29)25(31,24(30)32-20)33-19-3-1-2-18-21(19)17(11-26-18)10-14-4-6-15(7-5-14)16-8-9-34-13-16/h1-9,11,13,20,22-24,26-31H,10,12H2/t20-,22-,23+,24+,25+/m1/s1. The van der Waals surface area contributed by atoms with Gasteiger partial charge in [-0.05, 0) is 57.6 Å². The molecule has 0 spiro atoms. The fourth-order valence-electron chi connectivity index (χ4n) is 4.28. The molecule has 0 amide bonds. The van der Waals surface area contributed by atoms with Crippen molar-refractivity contribution in [2.45, 2.75) is 36.8 Å². The van der Waals surface area contributed by atoms with E-state index >= 15 is 0 Å². The number of H-pyrrole nitrogens is 1. The number of thiophene rings is 1. The van der Waals surface area contributed by atoms with E-state index in [1.807, 2.05) is 17.6 Å². The zero-order valence-electron chi connectivity index (χ0n) is 18.0. The maximum atomic E-state index is 10.9. The zero-order chi connectivity index (χ0) is 23.9. The summed E-state index contributed by atoms with van der Waals surface area (Å²) in [5.41, 5.74) is 4.99. The minimum Gasteiger partial charge on any atom is -0.454 e. The number of aliphatic hydroxyl groups excluding tert-OH is 4. The summed E-state index contributed by atoms with van der Waals surface area (Å²) >= 11 is 1.65. The van der Waals surface area contributed by atoms with Crippen LogP contribution in [0.25, 0.3) is 22.0 Å². The SMILES string of the molecule is OC[C@H]1O[C@H](O)[C@@](O)(Oc2cccc3[nH]cc(Cc4ccc(-c5ccsc5)cc4)c23)[C@@H](O)[C@@H]1O. The van der Waals surface area contributed by atoms with Crippen molar-refractivity contribution >= 4 is 22.2 Å². The summed E-state index contributed by atoms with van der Waals surface area (Å²) in [7, 11) is 0. The number of ether oxygens (including phenoxy) is 2. The smallest absolute Gasteiger partial charge is 0.288 e. The second kappa shape index (κ2) is 9.12. The molecule has 34 heavy (non-hydrogen) atoms. The van der Waals surface area contributed by atoms with E-state index in [0.29, 0.717) is 11.8 Å². The van der Waals surface area contributed by atoms with E-state index in [1.165, 1.54) is 5.56 Å². The highest BCUT2D eigenvalue weighted by molar-refractivity contribution is 7.08. The van der Waals surface area contributed by atoms with Crippen LogP contribution in [0.2, 0.25) is 0 Å². The van der Waals surface area contributed by atoms with Gasteiger partial charge in [0.05, 0.1) is 6.61 Å². The Morgan fingerprint density at radius 2 is 1.82 bits per heavy atom. The maximum absolute atomic E-state index is 10.9. The Bertz CT molecular complexity index is 1260. The molecule has 4 aromatic rings. The molecule has 0 saturated carbocycles. The quantitative estimate of drug-likeness (QED) is 0.231. The first kappa shape index (κ1) is 23.0. The van der Waals surface area contributed by atoms with Gasteiger partial charge in [-0.1, -0.05) is 30.3 Å². The lowest BCUT2D eigenvalue weighted by Crippen LogP contribution is -2.69. The second-order valence-electron chi connectivity index (χ2n) is 8.38. The van der Waals surface area contributed by atoms with Crippen LogP contribution in [-0.4, -0.2) is 67.5 Å². The predicted molar refractivity (Wildman–Crippen MR) is 126 cm³/mol. The van der Waals surface area contributed by atoms with Crippen LogP contribution in [0.3, 0.4) is 0 Å². The van der Waals surface area contributed by atoms with Crippen LogP contribution < -0.4 is 4.74 Å². The van der Waals surface area contributed by atoms with Gasteiger partial charge in [-0.3, -0.25) is 0 Å². The van der Waals surface area contributed by atoms with Gasteiger partial charge < -0.3 is 40.0 Å². The Morgan fingerprint density at radius 3 is 2.53 bits per heavy atom. The minimum atomic E-state index is -2.64. The summed E-state index contributed by atoms with van der Waals surface area (Å²) in [5, 5.41) is 56.0. The summed E-state index contributed by atoms with van der Waals surface area (Å²) in [6.07, 6.45) is -4.43. The van der Waals surface area contributed by atoms with Crippen LogP contribution >= 0.6 is 11.3 Å².